The van der Waals surface area contributed by atoms with Gasteiger partial charge in [0.05, 0.1) is 15.5 Å². The lowest BCUT2D eigenvalue weighted by Gasteiger charge is -2.40. The molecule has 1 saturated heterocycles. The van der Waals surface area contributed by atoms with Gasteiger partial charge in [0.25, 0.3) is 5.09 Å². The van der Waals surface area contributed by atoms with E-state index in [2.05, 4.69) is 4.84 Å². The van der Waals surface area contributed by atoms with E-state index in [-0.39, 0.29) is 54.5 Å². The van der Waals surface area contributed by atoms with Gasteiger partial charge in [-0.2, -0.15) is 0 Å². The molecule has 45 heavy (non-hydrogen) atoms. The molecule has 0 aliphatic carbocycles. The Morgan fingerprint density at radius 3 is 2.11 bits per heavy atom. The molecule has 0 saturated carbocycles. The maximum absolute atomic E-state index is 13.2. The lowest BCUT2D eigenvalue weighted by molar-refractivity contribution is -0.757. The Balaban J connectivity index is 1.45. The second-order valence-electron chi connectivity index (χ2n) is 9.84. The molecule has 10 nitrogen and oxygen atoms in total. The van der Waals surface area contributed by atoms with Crippen LogP contribution in [0.1, 0.15) is 54.9 Å². The van der Waals surface area contributed by atoms with Crippen LogP contribution in [0.4, 0.5) is 0 Å². The number of hydrogen-bond donors (Lipinski definition) is 1. The summed E-state index contributed by atoms with van der Waals surface area (Å²) in [6.45, 7) is 1.71. The number of nitrogens with zero attached hydrogens (tertiary/aromatic N) is 1. The zero-order chi connectivity index (χ0) is 32.6. The first kappa shape index (κ1) is 35.1. The molecule has 0 aromatic heterocycles. The molecular formula is C29H29NO9P2S4. The number of unbranched alkanes of at least 4 members (excludes halogenated alkanes) is 1. The fraction of sp³-hybridized carbons (Fsp3) is 0.276. The van der Waals surface area contributed by atoms with Gasteiger partial charge in [0, 0.05) is 29.9 Å². The van der Waals surface area contributed by atoms with Gasteiger partial charge in [0.15, 0.2) is 0 Å². The Labute approximate surface area is 277 Å². The van der Waals surface area contributed by atoms with E-state index in [9.17, 15) is 29.6 Å². The van der Waals surface area contributed by atoms with Crippen LogP contribution >= 0.6 is 30.9 Å². The molecule has 0 bridgehead atoms. The van der Waals surface area contributed by atoms with E-state index in [4.69, 9.17) is 33.1 Å². The van der Waals surface area contributed by atoms with Crippen molar-refractivity contribution in [1.82, 2.24) is 0 Å². The number of Topliss-reactive ketones (excluding diaryl/α,β-unsaturated/α-hetero) is 1. The predicted octanol–water partition coefficient (Wildman–Crippen LogP) is 6.86. The molecular weight excluding hydrogens is 697 g/mol. The van der Waals surface area contributed by atoms with Gasteiger partial charge < -0.3 is 19.4 Å². The zero-order valence-corrected chi connectivity index (χ0v) is 29.0. The fourth-order valence-electron chi connectivity index (χ4n) is 4.12. The van der Waals surface area contributed by atoms with Crippen LogP contribution in [0.3, 0.4) is 0 Å². The lowest BCUT2D eigenvalue weighted by Crippen LogP contribution is -2.16. The van der Waals surface area contributed by atoms with Crippen molar-refractivity contribution >= 4 is 82.8 Å². The van der Waals surface area contributed by atoms with E-state index in [0.29, 0.717) is 12.0 Å². The highest BCUT2D eigenvalue weighted by atomic mass is 33.7. The zero-order valence-electron chi connectivity index (χ0n) is 24.0. The fourth-order valence-corrected chi connectivity index (χ4v) is 46.4. The SMILES string of the molecule is CCCCC(=O)Cc1ccc(C(=O)Oc2ccc(P3(=S)SP(=S)(c4ccc(O)cc4)S3)cc2)c(OC(=O)CCCO[N+](=O)[O-])c1. The number of rotatable bonds is 15. The normalized spacial score (nSPS) is 18.8. The molecule has 1 aliphatic heterocycles. The number of phenols is 1. The first-order chi connectivity index (χ1) is 21.4. The van der Waals surface area contributed by atoms with Crippen molar-refractivity contribution in [2.75, 3.05) is 6.61 Å². The molecule has 3 aromatic carbocycles. The third kappa shape index (κ3) is 9.64. The number of benzene rings is 3. The van der Waals surface area contributed by atoms with Gasteiger partial charge in [-0.15, -0.1) is 10.1 Å². The minimum absolute atomic E-state index is 0.0186. The molecule has 1 N–H and O–H groups in total. The average molecular weight is 726 g/mol. The van der Waals surface area contributed by atoms with E-state index in [1.165, 1.54) is 12.1 Å². The van der Waals surface area contributed by atoms with Crippen molar-refractivity contribution in [2.24, 2.45) is 0 Å². The van der Waals surface area contributed by atoms with Crippen molar-refractivity contribution < 1.29 is 38.9 Å². The number of aromatic hydroxyl groups is 1. The highest BCUT2D eigenvalue weighted by Gasteiger charge is 2.45. The van der Waals surface area contributed by atoms with Crippen molar-refractivity contribution in [3.63, 3.8) is 0 Å². The largest absolute Gasteiger partial charge is 0.508 e. The Bertz CT molecular complexity index is 1670. The summed E-state index contributed by atoms with van der Waals surface area (Å²) in [7, 11) is 0. The molecule has 1 fully saturated rings. The number of hydrogen-bond acceptors (Lipinski definition) is 13. The van der Waals surface area contributed by atoms with Gasteiger partial charge in [-0.25, -0.2) is 4.79 Å². The second kappa shape index (κ2) is 15.7. The molecule has 0 spiro atoms. The van der Waals surface area contributed by atoms with Gasteiger partial charge in [-0.3, -0.25) is 9.59 Å². The van der Waals surface area contributed by atoms with Crippen molar-refractivity contribution in [1.29, 1.82) is 0 Å². The van der Waals surface area contributed by atoms with Crippen molar-refractivity contribution in [3.05, 3.63) is 88.0 Å². The summed E-state index contributed by atoms with van der Waals surface area (Å²) in [5.74, 6) is -1.12. The molecule has 0 radical (unpaired) electrons. The number of carbonyl (C=O) groups excluding carboxylic acids is 3. The minimum atomic E-state index is -2.04. The molecule has 16 heteroatoms. The van der Waals surface area contributed by atoms with Gasteiger partial charge >= 0.3 is 11.9 Å². The Morgan fingerprint density at radius 2 is 1.51 bits per heavy atom. The first-order valence-corrected chi connectivity index (χ1v) is 23.4. The van der Waals surface area contributed by atoms with Crippen LogP contribution in [-0.2, 0) is 44.5 Å². The van der Waals surface area contributed by atoms with E-state index in [1.807, 2.05) is 31.2 Å². The Morgan fingerprint density at radius 1 is 0.889 bits per heavy atom. The standard InChI is InChI=1S/C29H29NO9P2S4/c1-2-3-5-22(32)18-20-7-16-26(27(19-20)39-28(33)6-4-17-37-30(35)36)29(34)38-23-10-14-25(15-11-23)41(43)44-40(42,45-41)24-12-8-21(31)9-13-24/h7-16,19,31H,2-6,17-18H2,1H3. The van der Waals surface area contributed by atoms with E-state index in [1.54, 1.807) is 52.3 Å². The molecule has 238 valence electrons. The maximum Gasteiger partial charge on any atom is 0.347 e. The van der Waals surface area contributed by atoms with Gasteiger partial charge in [0.2, 0.25) is 0 Å². The van der Waals surface area contributed by atoms with Crippen LogP contribution in [0.15, 0.2) is 66.7 Å². The third-order valence-corrected chi connectivity index (χ3v) is 37.6. The highest BCUT2D eigenvalue weighted by Crippen LogP contribution is 3.04. The number of ketones is 1. The maximum atomic E-state index is 13.2. The summed E-state index contributed by atoms with van der Waals surface area (Å²) < 4.78 is 7.04. The Kier molecular flexibility index (Phi) is 12.3. The molecule has 1 aliphatic rings. The van der Waals surface area contributed by atoms with E-state index in [0.717, 1.165) is 23.5 Å². The minimum Gasteiger partial charge on any atom is -0.508 e. The second-order valence-corrected chi connectivity index (χ2v) is 31.1. The first-order valence-electron chi connectivity index (χ1n) is 13.8. The number of carbonyl (C=O) groups is 3. The highest BCUT2D eigenvalue weighted by molar-refractivity contribution is 9.48. The van der Waals surface area contributed by atoms with E-state index < -0.39 is 25.9 Å². The quantitative estimate of drug-likeness (QED) is 0.0436. The predicted molar refractivity (Wildman–Crippen MR) is 185 cm³/mol. The monoisotopic (exact) mass is 725 g/mol. The van der Waals surface area contributed by atoms with Gasteiger partial charge in [0.1, 0.15) is 28.6 Å². The number of esters is 2. The molecule has 0 amide bonds. The van der Waals surface area contributed by atoms with Gasteiger partial charge in [-0.1, -0.05) is 65.0 Å². The van der Waals surface area contributed by atoms with Crippen LogP contribution in [0, 0.1) is 10.1 Å². The topological polar surface area (TPSA) is 142 Å². The number of phenolic OH excluding ortho intramolecular Hbond substituents is 1. The van der Waals surface area contributed by atoms with Crippen LogP contribution in [-0.4, -0.2) is 34.5 Å². The summed E-state index contributed by atoms with van der Waals surface area (Å²) >= 11 is 15.2. The van der Waals surface area contributed by atoms with Gasteiger partial charge in [-0.05, 0) is 79.1 Å². The summed E-state index contributed by atoms with van der Waals surface area (Å²) in [6.07, 6.45) is 2.01. The summed E-state index contributed by atoms with van der Waals surface area (Å²) in [5, 5.41) is 20.9. The summed E-state index contributed by atoms with van der Waals surface area (Å²) in [5.41, 5.74) is 0.547. The number of ether oxygens (including phenoxy) is 2. The Hall–Kier alpha value is -2.73. The van der Waals surface area contributed by atoms with Crippen LogP contribution in [0.5, 0.6) is 17.2 Å². The molecule has 0 unspecified atom stereocenters. The van der Waals surface area contributed by atoms with Crippen molar-refractivity contribution in [3.8, 4) is 17.2 Å². The van der Waals surface area contributed by atoms with Crippen LogP contribution in [0.25, 0.3) is 0 Å². The summed E-state index contributed by atoms with van der Waals surface area (Å²) in [6, 6.07) is 18.4. The average Bonchev–Trinajstić information content (AvgIpc) is 2.98. The molecule has 3 aromatic rings. The third-order valence-electron chi connectivity index (χ3n) is 6.38. The van der Waals surface area contributed by atoms with E-state index >= 15 is 0 Å². The van der Waals surface area contributed by atoms with Crippen LogP contribution < -0.4 is 20.1 Å². The lowest BCUT2D eigenvalue weighted by atomic mass is 10.0. The summed E-state index contributed by atoms with van der Waals surface area (Å²) in [4.78, 5) is 52.6. The van der Waals surface area contributed by atoms with Crippen LogP contribution in [0.2, 0.25) is 0 Å². The molecule has 4 rings (SSSR count). The molecule has 0 atom stereocenters. The smallest absolute Gasteiger partial charge is 0.347 e. The molecule has 1 heterocycles. The van der Waals surface area contributed by atoms with Crippen molar-refractivity contribution in [2.45, 2.75) is 45.4 Å².